The predicted molar refractivity (Wildman–Crippen MR) is 124 cm³/mol. The minimum absolute atomic E-state index is 0.124. The number of benzene rings is 2. The number of hydrogen-bond acceptors (Lipinski definition) is 6. The lowest BCUT2D eigenvalue weighted by Gasteiger charge is -2.32. The topological polar surface area (TPSA) is 78.3 Å². The Bertz CT molecular complexity index is 1240. The van der Waals surface area contributed by atoms with Gasteiger partial charge in [-0.05, 0) is 52.5 Å². The highest BCUT2D eigenvalue weighted by Gasteiger charge is 2.36. The summed E-state index contributed by atoms with van der Waals surface area (Å²) >= 11 is 9.90. The summed E-state index contributed by atoms with van der Waals surface area (Å²) in [6, 6.07) is 11.0. The lowest BCUT2D eigenvalue weighted by atomic mass is 9.85. The van der Waals surface area contributed by atoms with E-state index in [1.54, 1.807) is 11.8 Å². The second-order valence-electron chi connectivity index (χ2n) is 7.64. The van der Waals surface area contributed by atoms with Crippen molar-refractivity contribution in [1.82, 2.24) is 14.8 Å². The first-order valence-electron chi connectivity index (χ1n) is 10.2. The van der Waals surface area contributed by atoms with Gasteiger partial charge in [0.25, 0.3) is 0 Å². The Morgan fingerprint density at radius 3 is 2.94 bits per heavy atom. The van der Waals surface area contributed by atoms with Crippen molar-refractivity contribution in [1.29, 1.82) is 0 Å². The number of Topliss-reactive ketones (excluding diaryl/α,β-unsaturated/α-hetero) is 1. The van der Waals surface area contributed by atoms with Gasteiger partial charge in [-0.1, -0.05) is 29.8 Å². The Kier molecular flexibility index (Phi) is 5.65. The molecule has 2 aliphatic rings. The molecule has 0 radical (unpaired) electrons. The van der Waals surface area contributed by atoms with Crippen LogP contribution in [0, 0.1) is 0 Å². The number of fused-ring (bicyclic) bond motifs is 1. The molecule has 9 heteroatoms. The number of methoxy groups -OCH3 is 1. The van der Waals surface area contributed by atoms with Crippen molar-refractivity contribution in [3.05, 3.63) is 74.6 Å². The highest BCUT2D eigenvalue weighted by molar-refractivity contribution is 9.10. The number of anilines is 1. The summed E-state index contributed by atoms with van der Waals surface area (Å²) in [5.41, 5.74) is 3.38. The number of hydrogen-bond donors (Lipinski definition) is 1. The van der Waals surface area contributed by atoms with Gasteiger partial charge in [0.1, 0.15) is 19.0 Å². The van der Waals surface area contributed by atoms with Crippen molar-refractivity contribution in [2.75, 3.05) is 12.4 Å². The van der Waals surface area contributed by atoms with Crippen molar-refractivity contribution in [3.8, 4) is 11.5 Å². The molecule has 0 amide bonds. The summed E-state index contributed by atoms with van der Waals surface area (Å²) in [5, 5.41) is 8.30. The number of carbonyl (C=O) groups is 1. The number of carbonyl (C=O) groups excluding carboxylic acids is 1. The summed E-state index contributed by atoms with van der Waals surface area (Å²) < 4.78 is 14.2. The van der Waals surface area contributed by atoms with E-state index < -0.39 is 0 Å². The molecule has 1 aliphatic carbocycles. The monoisotopic (exact) mass is 514 g/mol. The van der Waals surface area contributed by atoms with E-state index in [1.165, 1.54) is 6.33 Å². The Morgan fingerprint density at radius 2 is 2.12 bits per heavy atom. The third-order valence-corrected chi connectivity index (χ3v) is 6.67. The Morgan fingerprint density at radius 1 is 1.28 bits per heavy atom. The fourth-order valence-corrected chi connectivity index (χ4v) is 4.97. The molecule has 1 aromatic heterocycles. The van der Waals surface area contributed by atoms with E-state index in [2.05, 4.69) is 31.3 Å². The lowest BCUT2D eigenvalue weighted by molar-refractivity contribution is -0.116. The van der Waals surface area contributed by atoms with Gasteiger partial charge >= 0.3 is 0 Å². The zero-order valence-corrected chi connectivity index (χ0v) is 19.6. The first-order chi connectivity index (χ1) is 15.6. The van der Waals surface area contributed by atoms with Gasteiger partial charge in [-0.15, -0.1) is 0 Å². The van der Waals surface area contributed by atoms with Gasteiger partial charge < -0.3 is 14.8 Å². The molecule has 1 N–H and O–H groups in total. The van der Waals surface area contributed by atoms with Crippen molar-refractivity contribution >= 4 is 39.3 Å². The maximum atomic E-state index is 12.9. The molecule has 0 saturated heterocycles. The third kappa shape index (κ3) is 3.67. The van der Waals surface area contributed by atoms with E-state index in [4.69, 9.17) is 21.1 Å². The standard InChI is InChI=1S/C23H20BrClN4O3/c1-31-19-10-14(9-15(24)22(19)32-11-13-5-2-3-6-16(13)25)21-20-17(7-4-8-18(20)30)28-23-26-12-27-29(21)23/h2-3,5-6,9-10,12,21H,4,7-8,11H2,1H3,(H,26,27,28). The van der Waals surface area contributed by atoms with Crippen molar-refractivity contribution in [2.24, 2.45) is 0 Å². The second kappa shape index (κ2) is 8.60. The van der Waals surface area contributed by atoms with Crippen LogP contribution in [0.25, 0.3) is 0 Å². The number of aromatic nitrogens is 3. The number of allylic oxidation sites excluding steroid dienone is 2. The van der Waals surface area contributed by atoms with Crippen molar-refractivity contribution in [2.45, 2.75) is 31.9 Å². The maximum Gasteiger partial charge on any atom is 0.226 e. The van der Waals surface area contributed by atoms with Gasteiger partial charge in [0, 0.05) is 28.3 Å². The molecule has 5 rings (SSSR count). The quantitative estimate of drug-likeness (QED) is 0.497. The van der Waals surface area contributed by atoms with Gasteiger partial charge in [-0.25, -0.2) is 4.68 Å². The molecule has 1 aliphatic heterocycles. The van der Waals surface area contributed by atoms with Gasteiger partial charge in [-0.3, -0.25) is 4.79 Å². The molecular weight excluding hydrogens is 496 g/mol. The average molecular weight is 516 g/mol. The fourth-order valence-electron chi connectivity index (χ4n) is 4.21. The smallest absolute Gasteiger partial charge is 0.226 e. The molecule has 1 unspecified atom stereocenters. The number of nitrogens with zero attached hydrogens (tertiary/aromatic N) is 3. The number of ether oxygens (including phenoxy) is 2. The lowest BCUT2D eigenvalue weighted by Crippen LogP contribution is -2.31. The maximum absolute atomic E-state index is 12.9. The molecule has 3 aromatic rings. The van der Waals surface area contributed by atoms with Gasteiger partial charge in [0.15, 0.2) is 17.3 Å². The van der Waals surface area contributed by atoms with Crippen LogP contribution in [0.1, 0.15) is 36.4 Å². The van der Waals surface area contributed by atoms with Crippen LogP contribution in [0.2, 0.25) is 5.02 Å². The van der Waals surface area contributed by atoms with Crippen LogP contribution >= 0.6 is 27.5 Å². The fraction of sp³-hybridized carbons (Fsp3) is 0.261. The van der Waals surface area contributed by atoms with Crippen LogP contribution in [0.3, 0.4) is 0 Å². The van der Waals surface area contributed by atoms with E-state index in [0.29, 0.717) is 40.0 Å². The van der Waals surface area contributed by atoms with Crippen molar-refractivity contribution < 1.29 is 14.3 Å². The number of rotatable bonds is 5. The van der Waals surface area contributed by atoms with Crippen molar-refractivity contribution in [3.63, 3.8) is 0 Å². The normalized spacial score (nSPS) is 17.5. The van der Waals surface area contributed by atoms with Crippen LogP contribution in [0.4, 0.5) is 5.95 Å². The minimum atomic E-state index is -0.389. The number of halogens is 2. The van der Waals surface area contributed by atoms with Gasteiger partial charge in [0.2, 0.25) is 5.95 Å². The molecule has 0 fully saturated rings. The summed E-state index contributed by atoms with van der Waals surface area (Å²) in [5.74, 6) is 1.86. The third-order valence-electron chi connectivity index (χ3n) is 5.71. The van der Waals surface area contributed by atoms with E-state index in [9.17, 15) is 4.79 Å². The molecule has 0 spiro atoms. The van der Waals surface area contributed by atoms with E-state index in [1.807, 2.05) is 36.4 Å². The molecule has 7 nitrogen and oxygen atoms in total. The molecular formula is C23H20BrClN4O3. The molecule has 32 heavy (non-hydrogen) atoms. The second-order valence-corrected chi connectivity index (χ2v) is 8.90. The number of nitrogens with one attached hydrogen (secondary N) is 1. The molecule has 2 aromatic carbocycles. The van der Waals surface area contributed by atoms with Gasteiger partial charge in [0.05, 0.1) is 11.6 Å². The van der Waals surface area contributed by atoms with Crippen LogP contribution in [-0.2, 0) is 11.4 Å². The highest BCUT2D eigenvalue weighted by atomic mass is 79.9. The number of ketones is 1. The summed E-state index contributed by atoms with van der Waals surface area (Å²) in [6.45, 7) is 0.294. The van der Waals surface area contributed by atoms with E-state index >= 15 is 0 Å². The van der Waals surface area contributed by atoms with Crippen LogP contribution in [0.5, 0.6) is 11.5 Å². The van der Waals surface area contributed by atoms with Crippen LogP contribution in [-0.4, -0.2) is 27.7 Å². The first-order valence-corrected chi connectivity index (χ1v) is 11.4. The molecule has 0 bridgehead atoms. The SMILES string of the molecule is COc1cc(C2C3=C(CCCC3=O)Nc3ncnn32)cc(Br)c1OCc1ccccc1Cl. The zero-order valence-electron chi connectivity index (χ0n) is 17.3. The molecule has 0 saturated carbocycles. The van der Waals surface area contributed by atoms with Crippen LogP contribution < -0.4 is 14.8 Å². The Hall–Kier alpha value is -2.84. The zero-order chi connectivity index (χ0) is 22.2. The molecule has 1 atom stereocenters. The Labute approximate surface area is 198 Å². The Balaban J connectivity index is 1.54. The van der Waals surface area contributed by atoms with Crippen LogP contribution in [0.15, 0.2) is 58.5 Å². The molecule has 2 heterocycles. The van der Waals surface area contributed by atoms with Gasteiger partial charge in [-0.2, -0.15) is 10.1 Å². The summed E-state index contributed by atoms with van der Waals surface area (Å²) in [6.07, 6.45) is 3.65. The molecule has 164 valence electrons. The predicted octanol–water partition coefficient (Wildman–Crippen LogP) is 5.30. The summed E-state index contributed by atoms with van der Waals surface area (Å²) in [4.78, 5) is 17.2. The summed E-state index contributed by atoms with van der Waals surface area (Å²) in [7, 11) is 1.59. The first kappa shape index (κ1) is 21.0. The largest absolute Gasteiger partial charge is 0.493 e. The van der Waals surface area contributed by atoms with E-state index in [0.717, 1.165) is 35.2 Å². The highest BCUT2D eigenvalue weighted by Crippen LogP contribution is 2.44. The average Bonchev–Trinajstić information content (AvgIpc) is 3.26. The minimum Gasteiger partial charge on any atom is -0.493 e. The van der Waals surface area contributed by atoms with E-state index in [-0.39, 0.29) is 11.8 Å².